The summed E-state index contributed by atoms with van der Waals surface area (Å²) in [6.07, 6.45) is -1.80. The molecule has 0 atom stereocenters. The number of halogens is 2. The topological polar surface area (TPSA) is 76.2 Å². The third-order valence-electron chi connectivity index (χ3n) is 2.06. The molecule has 0 aliphatic heterocycles. The summed E-state index contributed by atoms with van der Waals surface area (Å²) in [5.41, 5.74) is 4.77. The van der Waals surface area contributed by atoms with Crippen LogP contribution >= 0.6 is 0 Å². The highest BCUT2D eigenvalue weighted by molar-refractivity contribution is 5.91. The molecule has 4 nitrogen and oxygen atoms in total. The molecule has 82 valence electrons. The SMILES string of the molecule is Cc1ncc(C(F)F)c(CN)c1C(=O)O. The number of hydrogen-bond acceptors (Lipinski definition) is 3. The van der Waals surface area contributed by atoms with Gasteiger partial charge in [-0.25, -0.2) is 13.6 Å². The number of rotatable bonds is 3. The van der Waals surface area contributed by atoms with Crippen molar-refractivity contribution in [3.8, 4) is 0 Å². The predicted molar refractivity (Wildman–Crippen MR) is 48.8 cm³/mol. The van der Waals surface area contributed by atoms with E-state index in [1.165, 1.54) is 6.92 Å². The lowest BCUT2D eigenvalue weighted by molar-refractivity contribution is 0.0693. The summed E-state index contributed by atoms with van der Waals surface area (Å²) in [5.74, 6) is -1.29. The first kappa shape index (κ1) is 11.5. The first-order chi connectivity index (χ1) is 6.99. The molecule has 15 heavy (non-hydrogen) atoms. The molecular formula is C9H10F2N2O2. The lowest BCUT2D eigenvalue weighted by atomic mass is 10.0. The van der Waals surface area contributed by atoms with E-state index in [2.05, 4.69) is 4.98 Å². The van der Waals surface area contributed by atoms with Crippen LogP contribution in [0.1, 0.15) is 33.6 Å². The van der Waals surface area contributed by atoms with Crippen molar-refractivity contribution in [3.05, 3.63) is 28.6 Å². The fourth-order valence-corrected chi connectivity index (χ4v) is 1.36. The highest BCUT2D eigenvalue weighted by Crippen LogP contribution is 2.25. The minimum Gasteiger partial charge on any atom is -0.478 e. The van der Waals surface area contributed by atoms with Crippen molar-refractivity contribution in [1.82, 2.24) is 4.98 Å². The summed E-state index contributed by atoms with van der Waals surface area (Å²) >= 11 is 0. The fraction of sp³-hybridized carbons (Fsp3) is 0.333. The molecule has 0 amide bonds. The maximum absolute atomic E-state index is 12.5. The second-order valence-corrected chi connectivity index (χ2v) is 2.96. The Kier molecular flexibility index (Phi) is 3.31. The number of aryl methyl sites for hydroxylation is 1. The van der Waals surface area contributed by atoms with E-state index >= 15 is 0 Å². The Morgan fingerprint density at radius 2 is 2.27 bits per heavy atom. The van der Waals surface area contributed by atoms with Crippen molar-refractivity contribution in [2.24, 2.45) is 5.73 Å². The number of carbonyl (C=O) groups is 1. The van der Waals surface area contributed by atoms with Crippen molar-refractivity contribution < 1.29 is 18.7 Å². The van der Waals surface area contributed by atoms with Gasteiger partial charge in [-0.3, -0.25) is 4.98 Å². The number of carboxylic acids is 1. The van der Waals surface area contributed by atoms with Crippen LogP contribution < -0.4 is 5.73 Å². The summed E-state index contributed by atoms with van der Waals surface area (Å²) in [6, 6.07) is 0. The molecule has 6 heteroatoms. The molecule has 0 aromatic carbocycles. The van der Waals surface area contributed by atoms with Crippen LogP contribution in [0.5, 0.6) is 0 Å². The van der Waals surface area contributed by atoms with Crippen LogP contribution in [0.25, 0.3) is 0 Å². The number of alkyl halides is 2. The van der Waals surface area contributed by atoms with Gasteiger partial charge in [0.2, 0.25) is 0 Å². The van der Waals surface area contributed by atoms with Crippen LogP contribution in [0, 0.1) is 6.92 Å². The molecule has 0 aliphatic rings. The fourth-order valence-electron chi connectivity index (χ4n) is 1.36. The van der Waals surface area contributed by atoms with Crippen molar-refractivity contribution in [1.29, 1.82) is 0 Å². The number of carboxylic acid groups (broad SMARTS) is 1. The van der Waals surface area contributed by atoms with Crippen LogP contribution in [0.15, 0.2) is 6.20 Å². The molecule has 0 bridgehead atoms. The normalized spacial score (nSPS) is 10.7. The zero-order chi connectivity index (χ0) is 11.6. The summed E-state index contributed by atoms with van der Waals surface area (Å²) in [5, 5.41) is 8.84. The van der Waals surface area contributed by atoms with Crippen molar-refractivity contribution in [2.45, 2.75) is 19.9 Å². The maximum Gasteiger partial charge on any atom is 0.337 e. The third-order valence-corrected chi connectivity index (χ3v) is 2.06. The van der Waals surface area contributed by atoms with Crippen molar-refractivity contribution in [3.63, 3.8) is 0 Å². The molecule has 0 saturated carbocycles. The first-order valence-electron chi connectivity index (χ1n) is 4.19. The zero-order valence-corrected chi connectivity index (χ0v) is 8.00. The van der Waals surface area contributed by atoms with E-state index in [1.807, 2.05) is 0 Å². The minimum atomic E-state index is -2.77. The molecule has 0 saturated heterocycles. The summed E-state index contributed by atoms with van der Waals surface area (Å²) < 4.78 is 25.0. The van der Waals surface area contributed by atoms with Gasteiger partial charge in [-0.15, -0.1) is 0 Å². The Bertz CT molecular complexity index is 394. The molecule has 1 aromatic heterocycles. The molecule has 1 heterocycles. The van der Waals surface area contributed by atoms with Crippen LogP contribution in [0.2, 0.25) is 0 Å². The van der Waals surface area contributed by atoms with Crippen molar-refractivity contribution in [2.75, 3.05) is 0 Å². The van der Waals surface area contributed by atoms with Gasteiger partial charge < -0.3 is 10.8 Å². The summed E-state index contributed by atoms with van der Waals surface area (Å²) in [6.45, 7) is 1.20. The molecule has 0 aliphatic carbocycles. The van der Waals surface area contributed by atoms with E-state index in [4.69, 9.17) is 10.8 Å². The monoisotopic (exact) mass is 216 g/mol. The number of nitrogens with zero attached hydrogens (tertiary/aromatic N) is 1. The van der Waals surface area contributed by atoms with Crippen LogP contribution in [-0.2, 0) is 6.54 Å². The largest absolute Gasteiger partial charge is 0.478 e. The average Bonchev–Trinajstić information content (AvgIpc) is 2.15. The van der Waals surface area contributed by atoms with Crippen molar-refractivity contribution >= 4 is 5.97 Å². The van der Waals surface area contributed by atoms with Gasteiger partial charge in [0.25, 0.3) is 6.43 Å². The molecular weight excluding hydrogens is 206 g/mol. The lowest BCUT2D eigenvalue weighted by Crippen LogP contribution is -2.13. The first-order valence-corrected chi connectivity index (χ1v) is 4.19. The second-order valence-electron chi connectivity index (χ2n) is 2.96. The number of aromatic nitrogens is 1. The Labute approximate surface area is 84.7 Å². The van der Waals surface area contributed by atoms with Crippen LogP contribution in [0.4, 0.5) is 8.78 Å². The van der Waals surface area contributed by atoms with E-state index in [0.717, 1.165) is 6.20 Å². The zero-order valence-electron chi connectivity index (χ0n) is 8.00. The molecule has 1 aromatic rings. The van der Waals surface area contributed by atoms with Gasteiger partial charge in [0.15, 0.2) is 0 Å². The molecule has 3 N–H and O–H groups in total. The predicted octanol–water partition coefficient (Wildman–Crippen LogP) is 1.48. The number of nitrogens with two attached hydrogens (primary N) is 1. The smallest absolute Gasteiger partial charge is 0.337 e. The van der Waals surface area contributed by atoms with Gasteiger partial charge in [0.1, 0.15) is 0 Å². The average molecular weight is 216 g/mol. The molecule has 1 rings (SSSR count). The van der Waals surface area contributed by atoms with Crippen LogP contribution in [0.3, 0.4) is 0 Å². The van der Waals surface area contributed by atoms with E-state index in [-0.39, 0.29) is 23.4 Å². The van der Waals surface area contributed by atoms with E-state index in [0.29, 0.717) is 0 Å². The number of hydrogen-bond donors (Lipinski definition) is 2. The molecule has 0 fully saturated rings. The van der Waals surface area contributed by atoms with Gasteiger partial charge in [-0.2, -0.15) is 0 Å². The molecule has 0 spiro atoms. The quantitative estimate of drug-likeness (QED) is 0.802. The standard InChI is InChI=1S/C9H10F2N2O2/c1-4-7(9(14)15)5(2-12)6(3-13-4)8(10)11/h3,8H,2,12H2,1H3,(H,14,15). The van der Waals surface area contributed by atoms with Gasteiger partial charge in [-0.05, 0) is 12.5 Å². The van der Waals surface area contributed by atoms with Gasteiger partial charge in [0.05, 0.1) is 11.3 Å². The maximum atomic E-state index is 12.5. The number of aromatic carboxylic acids is 1. The van der Waals surface area contributed by atoms with E-state index in [1.54, 1.807) is 0 Å². The number of pyridine rings is 1. The van der Waals surface area contributed by atoms with Crippen LogP contribution in [-0.4, -0.2) is 16.1 Å². The van der Waals surface area contributed by atoms with Gasteiger partial charge in [-0.1, -0.05) is 0 Å². The summed E-state index contributed by atoms with van der Waals surface area (Å²) in [4.78, 5) is 14.4. The minimum absolute atomic E-state index is 0.0509. The van der Waals surface area contributed by atoms with Gasteiger partial charge in [0, 0.05) is 18.3 Å². The molecule has 0 unspecified atom stereocenters. The Morgan fingerprint density at radius 1 is 1.67 bits per heavy atom. The third kappa shape index (κ3) is 2.10. The second kappa shape index (κ2) is 4.31. The summed E-state index contributed by atoms with van der Waals surface area (Å²) in [7, 11) is 0. The van der Waals surface area contributed by atoms with Gasteiger partial charge >= 0.3 is 5.97 Å². The van der Waals surface area contributed by atoms with E-state index in [9.17, 15) is 13.6 Å². The Balaban J connectivity index is 3.47. The highest BCUT2D eigenvalue weighted by atomic mass is 19.3. The Hall–Kier alpha value is -1.56. The Morgan fingerprint density at radius 3 is 2.67 bits per heavy atom. The molecule has 0 radical (unpaired) electrons. The van der Waals surface area contributed by atoms with E-state index < -0.39 is 18.0 Å². The highest BCUT2D eigenvalue weighted by Gasteiger charge is 2.21. The lowest BCUT2D eigenvalue weighted by Gasteiger charge is -2.11.